The Kier molecular flexibility index (Phi) is 5.28. The number of hydrogen-bond acceptors (Lipinski definition) is 3. The molecular weight excluding hydrogens is 344 g/mol. The van der Waals surface area contributed by atoms with Crippen molar-refractivity contribution in [1.82, 2.24) is 8.61 Å². The fourth-order valence-electron chi connectivity index (χ4n) is 2.59. The van der Waals surface area contributed by atoms with E-state index in [0.29, 0.717) is 10.4 Å². The second-order valence-corrected chi connectivity index (χ2v) is 8.15. The second kappa shape index (κ2) is 6.60. The van der Waals surface area contributed by atoms with Gasteiger partial charge in [0.1, 0.15) is 5.76 Å². The van der Waals surface area contributed by atoms with E-state index in [1.165, 1.54) is 15.0 Å². The minimum atomic E-state index is -3.44. The van der Waals surface area contributed by atoms with Crippen LogP contribution in [-0.2, 0) is 16.8 Å². The Hall–Kier alpha value is -0.370. The van der Waals surface area contributed by atoms with Crippen molar-refractivity contribution in [3.8, 4) is 0 Å². The molecule has 0 saturated heterocycles. The quantitative estimate of drug-likeness (QED) is 0.806. The van der Waals surface area contributed by atoms with Crippen molar-refractivity contribution < 1.29 is 12.8 Å². The van der Waals surface area contributed by atoms with E-state index in [4.69, 9.17) is 4.42 Å². The van der Waals surface area contributed by atoms with Gasteiger partial charge in [-0.1, -0.05) is 19.3 Å². The average molecular weight is 365 g/mol. The summed E-state index contributed by atoms with van der Waals surface area (Å²) in [7, 11) is -0.167. The van der Waals surface area contributed by atoms with Crippen molar-refractivity contribution in [2.45, 2.75) is 44.7 Å². The molecule has 1 saturated carbocycles. The molecule has 114 valence electrons. The van der Waals surface area contributed by atoms with E-state index in [1.807, 2.05) is 0 Å². The lowest BCUT2D eigenvalue weighted by atomic mass is 9.96. The second-order valence-electron chi connectivity index (χ2n) is 5.28. The highest BCUT2D eigenvalue weighted by Gasteiger charge is 2.31. The predicted molar refractivity (Wildman–Crippen MR) is 81.4 cm³/mol. The number of rotatable bonds is 5. The van der Waals surface area contributed by atoms with Gasteiger partial charge < -0.3 is 4.42 Å². The molecule has 20 heavy (non-hydrogen) atoms. The molecule has 1 aliphatic carbocycles. The Labute approximate surface area is 129 Å². The lowest BCUT2D eigenvalue weighted by Gasteiger charge is -2.32. The molecule has 7 heteroatoms. The van der Waals surface area contributed by atoms with E-state index in [-0.39, 0.29) is 12.6 Å². The summed E-state index contributed by atoms with van der Waals surface area (Å²) in [5.41, 5.74) is 0. The van der Waals surface area contributed by atoms with Gasteiger partial charge >= 0.3 is 0 Å². The van der Waals surface area contributed by atoms with Crippen LogP contribution in [0.15, 0.2) is 21.2 Å². The minimum Gasteiger partial charge on any atom is -0.453 e. The van der Waals surface area contributed by atoms with E-state index in [2.05, 4.69) is 15.9 Å². The molecule has 5 nitrogen and oxygen atoms in total. The highest BCUT2D eigenvalue weighted by atomic mass is 79.9. The molecular formula is C13H21BrN2O3S. The molecule has 1 aromatic heterocycles. The van der Waals surface area contributed by atoms with Crippen LogP contribution < -0.4 is 0 Å². The number of halogens is 1. The van der Waals surface area contributed by atoms with Crippen molar-refractivity contribution in [3.05, 3.63) is 22.6 Å². The lowest BCUT2D eigenvalue weighted by molar-refractivity contribution is 0.265. The zero-order valence-electron chi connectivity index (χ0n) is 11.9. The van der Waals surface area contributed by atoms with Crippen molar-refractivity contribution in [3.63, 3.8) is 0 Å². The van der Waals surface area contributed by atoms with Gasteiger partial charge in [-0.05, 0) is 40.9 Å². The zero-order chi connectivity index (χ0) is 14.8. The monoisotopic (exact) mass is 364 g/mol. The van der Waals surface area contributed by atoms with Gasteiger partial charge in [0.25, 0.3) is 10.2 Å². The third kappa shape index (κ3) is 3.63. The van der Waals surface area contributed by atoms with E-state index in [9.17, 15) is 8.42 Å². The molecule has 0 spiro atoms. The van der Waals surface area contributed by atoms with Gasteiger partial charge in [0, 0.05) is 20.1 Å². The third-order valence-corrected chi connectivity index (χ3v) is 6.22. The Morgan fingerprint density at radius 2 is 1.90 bits per heavy atom. The topological polar surface area (TPSA) is 53.8 Å². The third-order valence-electron chi connectivity index (χ3n) is 3.85. The lowest BCUT2D eigenvalue weighted by Crippen LogP contribution is -2.45. The molecule has 0 N–H and O–H groups in total. The fourth-order valence-corrected chi connectivity index (χ4v) is 4.25. The van der Waals surface area contributed by atoms with Crippen LogP contribution >= 0.6 is 15.9 Å². The standard InChI is InChI=1S/C13H21BrN2O3S/c1-15(10-12-8-9-13(14)19-12)20(17,18)16(2)11-6-4-3-5-7-11/h8-9,11H,3-7,10H2,1-2H3. The van der Waals surface area contributed by atoms with E-state index < -0.39 is 10.2 Å². The smallest absolute Gasteiger partial charge is 0.282 e. The largest absolute Gasteiger partial charge is 0.453 e. The Balaban J connectivity index is 2.04. The first kappa shape index (κ1) is 16.0. The molecule has 1 aliphatic rings. The molecule has 0 radical (unpaired) electrons. The molecule has 1 aromatic rings. The van der Waals surface area contributed by atoms with Gasteiger partial charge in [-0.3, -0.25) is 0 Å². The van der Waals surface area contributed by atoms with Gasteiger partial charge in [-0.2, -0.15) is 17.0 Å². The van der Waals surface area contributed by atoms with E-state index in [0.717, 1.165) is 25.7 Å². The summed E-state index contributed by atoms with van der Waals surface area (Å²) in [6, 6.07) is 3.66. The van der Waals surface area contributed by atoms with Crippen LogP contribution in [0, 0.1) is 0 Å². The Morgan fingerprint density at radius 3 is 2.45 bits per heavy atom. The van der Waals surface area contributed by atoms with Crippen LogP contribution in [0.3, 0.4) is 0 Å². The van der Waals surface area contributed by atoms with Crippen LogP contribution in [-0.4, -0.2) is 37.2 Å². The Morgan fingerprint density at radius 1 is 1.25 bits per heavy atom. The molecule has 1 fully saturated rings. The summed E-state index contributed by atoms with van der Waals surface area (Å²) >= 11 is 3.22. The van der Waals surface area contributed by atoms with E-state index >= 15 is 0 Å². The Bertz CT molecular complexity index is 538. The normalized spacial score (nSPS) is 18.1. The maximum Gasteiger partial charge on any atom is 0.282 e. The summed E-state index contributed by atoms with van der Waals surface area (Å²) in [5.74, 6) is 0.625. The fraction of sp³-hybridized carbons (Fsp3) is 0.692. The van der Waals surface area contributed by atoms with Crippen LogP contribution in [0.25, 0.3) is 0 Å². The maximum atomic E-state index is 12.5. The van der Waals surface area contributed by atoms with Crippen molar-refractivity contribution >= 4 is 26.1 Å². The summed E-state index contributed by atoms with van der Waals surface area (Å²) in [6.07, 6.45) is 5.34. The SMILES string of the molecule is CN(Cc1ccc(Br)o1)S(=O)(=O)N(C)C1CCCCC1. The molecule has 1 heterocycles. The predicted octanol–water partition coefficient (Wildman–Crippen LogP) is 2.98. The van der Waals surface area contributed by atoms with Crippen LogP contribution in [0.2, 0.25) is 0 Å². The molecule has 2 rings (SSSR count). The zero-order valence-corrected chi connectivity index (χ0v) is 14.3. The molecule has 0 aliphatic heterocycles. The van der Waals surface area contributed by atoms with Gasteiger partial charge in [0.2, 0.25) is 0 Å². The molecule has 0 atom stereocenters. The first-order valence-electron chi connectivity index (χ1n) is 6.85. The summed E-state index contributed by atoms with van der Waals surface area (Å²) in [6.45, 7) is 0.241. The van der Waals surface area contributed by atoms with Crippen LogP contribution in [0.1, 0.15) is 37.9 Å². The van der Waals surface area contributed by atoms with Crippen molar-refractivity contribution in [2.24, 2.45) is 0 Å². The number of nitrogens with zero attached hydrogens (tertiary/aromatic N) is 2. The van der Waals surface area contributed by atoms with Gasteiger partial charge in [-0.25, -0.2) is 0 Å². The summed E-state index contributed by atoms with van der Waals surface area (Å²) < 4.78 is 33.9. The average Bonchev–Trinajstić information content (AvgIpc) is 2.84. The van der Waals surface area contributed by atoms with Crippen molar-refractivity contribution in [2.75, 3.05) is 14.1 Å². The number of furan rings is 1. The van der Waals surface area contributed by atoms with Gasteiger partial charge in [0.15, 0.2) is 4.67 Å². The molecule has 0 bridgehead atoms. The van der Waals surface area contributed by atoms with Crippen LogP contribution in [0.4, 0.5) is 0 Å². The first-order valence-corrected chi connectivity index (χ1v) is 9.04. The minimum absolute atomic E-state index is 0.125. The van der Waals surface area contributed by atoms with Gasteiger partial charge in [-0.15, -0.1) is 0 Å². The first-order chi connectivity index (χ1) is 9.41. The van der Waals surface area contributed by atoms with Crippen molar-refractivity contribution in [1.29, 1.82) is 0 Å². The summed E-state index contributed by atoms with van der Waals surface area (Å²) in [5, 5.41) is 0. The van der Waals surface area contributed by atoms with Crippen LogP contribution in [0.5, 0.6) is 0 Å². The molecule has 0 unspecified atom stereocenters. The summed E-state index contributed by atoms with van der Waals surface area (Å²) in [4.78, 5) is 0. The van der Waals surface area contributed by atoms with E-state index in [1.54, 1.807) is 26.2 Å². The highest BCUT2D eigenvalue weighted by Crippen LogP contribution is 2.25. The van der Waals surface area contributed by atoms with Gasteiger partial charge in [0.05, 0.1) is 6.54 Å². The highest BCUT2D eigenvalue weighted by molar-refractivity contribution is 9.10. The molecule has 0 aromatic carbocycles. The molecule has 0 amide bonds. The number of hydrogen-bond donors (Lipinski definition) is 0. The maximum absolute atomic E-state index is 12.5.